The van der Waals surface area contributed by atoms with Gasteiger partial charge in [-0.25, -0.2) is 0 Å². The number of nitriles is 1. The van der Waals surface area contributed by atoms with E-state index in [1.165, 1.54) is 50.0 Å². The van der Waals surface area contributed by atoms with E-state index in [4.69, 9.17) is 0 Å². The van der Waals surface area contributed by atoms with Crippen molar-refractivity contribution >= 4 is 23.5 Å². The van der Waals surface area contributed by atoms with Gasteiger partial charge in [-0.15, -0.1) is 23.5 Å². The summed E-state index contributed by atoms with van der Waals surface area (Å²) in [7, 11) is 0. The first kappa shape index (κ1) is 16.8. The van der Waals surface area contributed by atoms with Crippen molar-refractivity contribution in [3.8, 4) is 6.07 Å². The summed E-state index contributed by atoms with van der Waals surface area (Å²) >= 11 is 4.42. The standard InChI is InChI=1S/C22H29NS2/c1-20-8-7-19-17(18(20)6-4-16(20)14-23)5-3-15-13-22(24-11-12-25-22)10-9-21(15,19)2/h4,13,17-19H,3,5-12H2,1-2H3/t17-,18-,19-,20+,21-/m0/s1. The predicted octanol–water partition coefficient (Wildman–Crippen LogP) is 6.19. The van der Waals surface area contributed by atoms with Crippen LogP contribution >= 0.6 is 23.5 Å². The zero-order valence-electron chi connectivity index (χ0n) is 15.5. The Hall–Kier alpha value is -0.330. The molecule has 3 heteroatoms. The third-order valence-corrected chi connectivity index (χ3v) is 12.0. The minimum absolute atomic E-state index is 0.181. The fourth-order valence-corrected chi connectivity index (χ4v) is 10.3. The van der Waals surface area contributed by atoms with Gasteiger partial charge < -0.3 is 0 Å². The molecule has 134 valence electrons. The van der Waals surface area contributed by atoms with Crippen LogP contribution < -0.4 is 0 Å². The van der Waals surface area contributed by atoms with Gasteiger partial charge in [-0.1, -0.05) is 31.6 Å². The predicted molar refractivity (Wildman–Crippen MR) is 108 cm³/mol. The molecular formula is C22H29NS2. The lowest BCUT2D eigenvalue weighted by Gasteiger charge is -2.58. The zero-order valence-corrected chi connectivity index (χ0v) is 17.1. The van der Waals surface area contributed by atoms with Crippen LogP contribution in [0.5, 0.6) is 0 Å². The van der Waals surface area contributed by atoms with Gasteiger partial charge in [-0.2, -0.15) is 5.26 Å². The first-order valence-corrected chi connectivity index (χ1v) is 12.1. The molecule has 0 bridgehead atoms. The topological polar surface area (TPSA) is 23.8 Å². The van der Waals surface area contributed by atoms with E-state index < -0.39 is 0 Å². The molecule has 0 radical (unpaired) electrons. The number of hydrogen-bond donors (Lipinski definition) is 0. The van der Waals surface area contributed by atoms with E-state index in [1.807, 2.05) is 0 Å². The molecule has 25 heavy (non-hydrogen) atoms. The third kappa shape index (κ3) is 2.23. The molecule has 2 saturated carbocycles. The third-order valence-electron chi connectivity index (χ3n) is 8.60. The lowest BCUT2D eigenvalue weighted by molar-refractivity contribution is -0.0272. The van der Waals surface area contributed by atoms with E-state index in [0.717, 1.165) is 29.7 Å². The Labute approximate surface area is 161 Å². The summed E-state index contributed by atoms with van der Waals surface area (Å²) in [5.74, 6) is 5.08. The number of thioether (sulfide) groups is 2. The van der Waals surface area contributed by atoms with Gasteiger partial charge in [-0.3, -0.25) is 0 Å². The maximum absolute atomic E-state index is 9.59. The first-order chi connectivity index (χ1) is 12.0. The Morgan fingerprint density at radius 3 is 2.60 bits per heavy atom. The number of rotatable bonds is 0. The Morgan fingerprint density at radius 2 is 1.84 bits per heavy atom. The van der Waals surface area contributed by atoms with E-state index in [1.54, 1.807) is 5.57 Å². The lowest BCUT2D eigenvalue weighted by Crippen LogP contribution is -2.50. The van der Waals surface area contributed by atoms with Crippen LogP contribution in [-0.4, -0.2) is 15.6 Å². The van der Waals surface area contributed by atoms with Gasteiger partial charge in [0.1, 0.15) is 0 Å². The summed E-state index contributed by atoms with van der Waals surface area (Å²) < 4.78 is 0.424. The van der Waals surface area contributed by atoms with E-state index in [2.05, 4.69) is 55.6 Å². The molecule has 5 atom stereocenters. The lowest BCUT2D eigenvalue weighted by atomic mass is 9.47. The molecule has 4 aliphatic carbocycles. The van der Waals surface area contributed by atoms with Crippen LogP contribution in [0.1, 0.15) is 58.8 Å². The molecule has 1 saturated heterocycles. The number of fused-ring (bicyclic) bond motifs is 5. The van der Waals surface area contributed by atoms with Crippen LogP contribution in [0, 0.1) is 39.9 Å². The molecule has 5 rings (SSSR count). The highest BCUT2D eigenvalue weighted by Crippen LogP contribution is 2.67. The van der Waals surface area contributed by atoms with E-state index in [0.29, 0.717) is 9.49 Å². The fourth-order valence-electron chi connectivity index (χ4n) is 7.12. The van der Waals surface area contributed by atoms with Crippen molar-refractivity contribution in [1.82, 2.24) is 0 Å². The highest BCUT2D eigenvalue weighted by Gasteiger charge is 2.58. The normalized spacial score (nSPS) is 47.3. The molecular weight excluding hydrogens is 342 g/mol. The molecule has 5 aliphatic rings. The smallest absolute Gasteiger partial charge is 0.0949 e. The monoisotopic (exact) mass is 371 g/mol. The second-order valence-corrected chi connectivity index (χ2v) is 12.5. The van der Waals surface area contributed by atoms with Crippen molar-refractivity contribution < 1.29 is 0 Å². The second kappa shape index (κ2) is 5.59. The molecule has 3 fully saturated rings. The molecule has 0 amide bonds. The van der Waals surface area contributed by atoms with Gasteiger partial charge >= 0.3 is 0 Å². The average molecular weight is 372 g/mol. The van der Waals surface area contributed by atoms with E-state index in [9.17, 15) is 5.26 Å². The van der Waals surface area contributed by atoms with Gasteiger partial charge in [0.15, 0.2) is 0 Å². The van der Waals surface area contributed by atoms with E-state index >= 15 is 0 Å². The molecule has 0 aromatic heterocycles. The summed E-state index contributed by atoms with van der Waals surface area (Å²) in [6, 6.07) is 2.54. The maximum Gasteiger partial charge on any atom is 0.0949 e. The largest absolute Gasteiger partial charge is 0.193 e. The van der Waals surface area contributed by atoms with E-state index in [-0.39, 0.29) is 5.41 Å². The summed E-state index contributed by atoms with van der Waals surface area (Å²) in [4.78, 5) is 0. The van der Waals surface area contributed by atoms with Crippen LogP contribution in [0.25, 0.3) is 0 Å². The van der Waals surface area contributed by atoms with Crippen molar-refractivity contribution in [3.63, 3.8) is 0 Å². The second-order valence-electron chi connectivity index (χ2n) is 9.43. The molecule has 0 N–H and O–H groups in total. The number of hydrogen-bond acceptors (Lipinski definition) is 3. The Kier molecular flexibility index (Phi) is 3.76. The molecule has 1 heterocycles. The molecule has 0 aromatic rings. The van der Waals surface area contributed by atoms with Gasteiger partial charge in [0.05, 0.1) is 10.1 Å². The van der Waals surface area contributed by atoms with Gasteiger partial charge in [0, 0.05) is 22.5 Å². The Balaban J connectivity index is 1.47. The summed E-state index contributed by atoms with van der Waals surface area (Å²) in [6.45, 7) is 4.99. The van der Waals surface area contributed by atoms with Gasteiger partial charge in [0.2, 0.25) is 0 Å². The Bertz CT molecular complexity index is 695. The van der Waals surface area contributed by atoms with Crippen LogP contribution in [0.15, 0.2) is 23.3 Å². The summed E-state index contributed by atoms with van der Waals surface area (Å²) in [5.41, 5.74) is 3.52. The highest BCUT2D eigenvalue weighted by molar-refractivity contribution is 8.21. The molecule has 0 aromatic carbocycles. The zero-order chi connectivity index (χ0) is 17.3. The van der Waals surface area contributed by atoms with Crippen LogP contribution in [-0.2, 0) is 0 Å². The van der Waals surface area contributed by atoms with Gasteiger partial charge in [-0.05, 0) is 68.1 Å². The van der Waals surface area contributed by atoms with Crippen molar-refractivity contribution in [3.05, 3.63) is 23.3 Å². The Morgan fingerprint density at radius 1 is 1.04 bits per heavy atom. The molecule has 1 spiro atoms. The quantitative estimate of drug-likeness (QED) is 0.475. The van der Waals surface area contributed by atoms with Crippen molar-refractivity contribution in [2.75, 3.05) is 11.5 Å². The summed E-state index contributed by atoms with van der Waals surface area (Å²) in [6.07, 6.45) is 14.2. The van der Waals surface area contributed by atoms with Crippen molar-refractivity contribution in [2.45, 2.75) is 62.9 Å². The average Bonchev–Trinajstić information content (AvgIpc) is 3.19. The SMILES string of the molecule is C[C@]12CCC3(C=C1CC[C@@H]1[C@@H]2CC[C@]2(C)C(C#N)=CC[C@@H]12)SCCS3. The molecule has 1 aliphatic heterocycles. The minimum atomic E-state index is 0.181. The number of nitrogens with zero attached hydrogens (tertiary/aromatic N) is 1. The van der Waals surface area contributed by atoms with Crippen LogP contribution in [0.2, 0.25) is 0 Å². The minimum Gasteiger partial charge on any atom is -0.193 e. The van der Waals surface area contributed by atoms with Crippen molar-refractivity contribution in [2.24, 2.45) is 28.6 Å². The summed E-state index contributed by atoms with van der Waals surface area (Å²) in [5, 5.41) is 9.59. The van der Waals surface area contributed by atoms with Crippen LogP contribution in [0.3, 0.4) is 0 Å². The molecule has 0 unspecified atom stereocenters. The number of allylic oxidation sites excluding steroid dienone is 3. The fraction of sp³-hybridized carbons (Fsp3) is 0.773. The maximum atomic E-state index is 9.59. The van der Waals surface area contributed by atoms with Gasteiger partial charge in [0.25, 0.3) is 0 Å². The molecule has 1 nitrogen and oxygen atoms in total. The first-order valence-electron chi connectivity index (χ1n) is 10.1. The highest BCUT2D eigenvalue weighted by atomic mass is 32.2. The van der Waals surface area contributed by atoms with Crippen molar-refractivity contribution in [1.29, 1.82) is 5.26 Å². The van der Waals surface area contributed by atoms with Crippen LogP contribution in [0.4, 0.5) is 0 Å².